The van der Waals surface area contributed by atoms with Crippen molar-refractivity contribution in [2.45, 2.75) is 26.9 Å². The van der Waals surface area contributed by atoms with Gasteiger partial charge in [-0.2, -0.15) is 0 Å². The lowest BCUT2D eigenvalue weighted by atomic mass is 10.1. The van der Waals surface area contributed by atoms with Gasteiger partial charge < -0.3 is 14.2 Å². The van der Waals surface area contributed by atoms with Crippen molar-refractivity contribution in [1.82, 2.24) is 0 Å². The summed E-state index contributed by atoms with van der Waals surface area (Å²) in [4.78, 5) is 16.4. The van der Waals surface area contributed by atoms with Crippen LogP contribution in [-0.2, 0) is 9.53 Å². The van der Waals surface area contributed by atoms with Crippen LogP contribution in [0, 0.1) is 5.82 Å². The molecule has 0 atom stereocenters. The minimum atomic E-state index is -0.601. The van der Waals surface area contributed by atoms with Gasteiger partial charge in [0.2, 0.25) is 5.90 Å². The maximum atomic E-state index is 13.4. The van der Waals surface area contributed by atoms with Crippen molar-refractivity contribution < 1.29 is 23.4 Å². The number of carbonyl (C=O) groups excluding carboxylic acids is 1. The highest BCUT2D eigenvalue weighted by Crippen LogP contribution is 2.38. The lowest BCUT2D eigenvalue weighted by molar-refractivity contribution is -0.129. The van der Waals surface area contributed by atoms with Gasteiger partial charge in [-0.25, -0.2) is 14.2 Å². The van der Waals surface area contributed by atoms with Gasteiger partial charge in [-0.15, -0.1) is 0 Å². The number of nitrogens with zero attached hydrogens (tertiary/aromatic N) is 1. The van der Waals surface area contributed by atoms with E-state index in [0.717, 1.165) is 0 Å². The van der Waals surface area contributed by atoms with Crippen molar-refractivity contribution in [3.63, 3.8) is 0 Å². The first kappa shape index (κ1) is 20.1. The normalized spacial score (nSPS) is 15.0. The predicted molar refractivity (Wildman–Crippen MR) is 108 cm³/mol. The van der Waals surface area contributed by atoms with Crippen molar-refractivity contribution in [2.24, 2.45) is 4.99 Å². The molecular weight excluding hydrogens is 429 g/mol. The second-order valence-electron chi connectivity index (χ2n) is 6.28. The van der Waals surface area contributed by atoms with Crippen LogP contribution in [0.3, 0.4) is 0 Å². The smallest absolute Gasteiger partial charge is 0.363 e. The van der Waals surface area contributed by atoms with E-state index in [1.54, 1.807) is 24.3 Å². The molecule has 0 saturated carbocycles. The third-order valence-corrected chi connectivity index (χ3v) is 4.27. The van der Waals surface area contributed by atoms with Gasteiger partial charge in [0, 0.05) is 5.56 Å². The van der Waals surface area contributed by atoms with Crippen LogP contribution in [0.15, 0.2) is 51.6 Å². The summed E-state index contributed by atoms with van der Waals surface area (Å²) >= 11 is 3.49. The molecule has 0 bridgehead atoms. The Morgan fingerprint density at radius 1 is 1.29 bits per heavy atom. The van der Waals surface area contributed by atoms with E-state index in [1.165, 1.54) is 18.2 Å². The topological polar surface area (TPSA) is 57.1 Å². The number of hydrogen-bond acceptors (Lipinski definition) is 5. The standard InChI is InChI=1S/C21H19BrFNO4/c1-4-26-18-10-13(8-16(22)19(18)27-12(2)3)9-17-21(25)28-20(24-17)14-6-5-7-15(23)11-14/h5-12H,4H2,1-3H3/b17-9-. The van der Waals surface area contributed by atoms with Crippen LogP contribution >= 0.6 is 15.9 Å². The molecule has 7 heteroatoms. The Morgan fingerprint density at radius 3 is 2.75 bits per heavy atom. The van der Waals surface area contributed by atoms with Gasteiger partial charge in [0.05, 0.1) is 17.2 Å². The Morgan fingerprint density at radius 2 is 2.07 bits per heavy atom. The van der Waals surface area contributed by atoms with Crippen molar-refractivity contribution in [3.8, 4) is 11.5 Å². The molecule has 2 aromatic carbocycles. The molecule has 0 N–H and O–H groups in total. The number of carbonyl (C=O) groups is 1. The Kier molecular flexibility index (Phi) is 6.14. The summed E-state index contributed by atoms with van der Waals surface area (Å²) in [7, 11) is 0. The molecule has 0 saturated heterocycles. The first-order valence-corrected chi connectivity index (χ1v) is 9.58. The fraction of sp³-hybridized carbons (Fsp3) is 0.238. The van der Waals surface area contributed by atoms with E-state index in [-0.39, 0.29) is 17.7 Å². The molecule has 0 amide bonds. The molecule has 28 heavy (non-hydrogen) atoms. The molecule has 0 spiro atoms. The SMILES string of the molecule is CCOc1cc(/C=C2\N=C(c3cccc(F)c3)OC2=O)cc(Br)c1OC(C)C. The molecule has 1 aliphatic rings. The number of rotatable bonds is 6. The summed E-state index contributed by atoms with van der Waals surface area (Å²) < 4.78 is 30.8. The van der Waals surface area contributed by atoms with E-state index in [0.29, 0.717) is 33.7 Å². The van der Waals surface area contributed by atoms with E-state index >= 15 is 0 Å². The van der Waals surface area contributed by atoms with Gasteiger partial charge in [0.25, 0.3) is 0 Å². The van der Waals surface area contributed by atoms with Crippen LogP contribution in [0.1, 0.15) is 31.9 Å². The van der Waals surface area contributed by atoms with Gasteiger partial charge in [0.15, 0.2) is 17.2 Å². The van der Waals surface area contributed by atoms with E-state index in [1.807, 2.05) is 20.8 Å². The van der Waals surface area contributed by atoms with Crippen LogP contribution in [0.2, 0.25) is 0 Å². The number of cyclic esters (lactones) is 1. The highest BCUT2D eigenvalue weighted by Gasteiger charge is 2.25. The molecule has 0 radical (unpaired) electrons. The van der Waals surface area contributed by atoms with Gasteiger partial charge >= 0.3 is 5.97 Å². The molecule has 1 heterocycles. The zero-order valence-corrected chi connectivity index (χ0v) is 17.2. The second kappa shape index (κ2) is 8.56. The lowest BCUT2D eigenvalue weighted by Gasteiger charge is -2.16. The van der Waals surface area contributed by atoms with E-state index < -0.39 is 11.8 Å². The fourth-order valence-electron chi connectivity index (χ4n) is 2.60. The molecule has 1 aliphatic heterocycles. The molecule has 0 aliphatic carbocycles. The molecule has 3 rings (SSSR count). The number of ether oxygens (including phenoxy) is 3. The summed E-state index contributed by atoms with van der Waals surface area (Å²) in [6, 6.07) is 9.29. The third-order valence-electron chi connectivity index (χ3n) is 3.68. The summed E-state index contributed by atoms with van der Waals surface area (Å²) in [5.41, 5.74) is 1.20. The fourth-order valence-corrected chi connectivity index (χ4v) is 3.15. The van der Waals surface area contributed by atoms with E-state index in [2.05, 4.69) is 20.9 Å². The van der Waals surface area contributed by atoms with Crippen LogP contribution in [0.5, 0.6) is 11.5 Å². The molecular formula is C21H19BrFNO4. The molecule has 0 aromatic heterocycles. The van der Waals surface area contributed by atoms with Crippen molar-refractivity contribution >= 4 is 33.9 Å². The molecule has 5 nitrogen and oxygen atoms in total. The third kappa shape index (κ3) is 4.59. The summed E-state index contributed by atoms with van der Waals surface area (Å²) in [5, 5.41) is 0. The van der Waals surface area contributed by atoms with Crippen molar-refractivity contribution in [3.05, 3.63) is 63.5 Å². The Hall–Kier alpha value is -2.67. The van der Waals surface area contributed by atoms with E-state index in [4.69, 9.17) is 14.2 Å². The Bertz CT molecular complexity index is 969. The molecule has 146 valence electrons. The van der Waals surface area contributed by atoms with Crippen molar-refractivity contribution in [1.29, 1.82) is 0 Å². The minimum absolute atomic E-state index is 0.0250. The van der Waals surface area contributed by atoms with Crippen LogP contribution in [-0.4, -0.2) is 24.6 Å². The average Bonchev–Trinajstić information content (AvgIpc) is 2.99. The number of aliphatic imine (C=N–C) groups is 1. The second-order valence-corrected chi connectivity index (χ2v) is 7.13. The predicted octanol–water partition coefficient (Wildman–Crippen LogP) is 5.12. The largest absolute Gasteiger partial charge is 0.490 e. The number of hydrogen-bond donors (Lipinski definition) is 0. The van der Waals surface area contributed by atoms with Gasteiger partial charge in [0.1, 0.15) is 5.82 Å². The zero-order chi connectivity index (χ0) is 20.3. The number of esters is 1. The van der Waals surface area contributed by atoms with Gasteiger partial charge in [-0.3, -0.25) is 0 Å². The monoisotopic (exact) mass is 447 g/mol. The highest BCUT2D eigenvalue weighted by molar-refractivity contribution is 9.10. The van der Waals surface area contributed by atoms with Crippen LogP contribution in [0.25, 0.3) is 6.08 Å². The first-order chi connectivity index (χ1) is 13.4. The van der Waals surface area contributed by atoms with Gasteiger partial charge in [-0.05, 0) is 78.7 Å². The number of halogens is 2. The maximum Gasteiger partial charge on any atom is 0.363 e. The summed E-state index contributed by atoms with van der Waals surface area (Å²) in [5.74, 6) is 0.185. The zero-order valence-electron chi connectivity index (χ0n) is 15.7. The van der Waals surface area contributed by atoms with Crippen LogP contribution < -0.4 is 9.47 Å². The molecule has 0 fully saturated rings. The maximum absolute atomic E-state index is 13.4. The summed E-state index contributed by atoms with van der Waals surface area (Å²) in [6.45, 7) is 6.19. The molecule has 2 aromatic rings. The Labute approximate surface area is 171 Å². The minimum Gasteiger partial charge on any atom is -0.490 e. The molecule has 0 unspecified atom stereocenters. The number of benzene rings is 2. The Balaban J connectivity index is 1.97. The average molecular weight is 448 g/mol. The lowest BCUT2D eigenvalue weighted by Crippen LogP contribution is -2.08. The highest BCUT2D eigenvalue weighted by atomic mass is 79.9. The van der Waals surface area contributed by atoms with Crippen LogP contribution in [0.4, 0.5) is 4.39 Å². The van der Waals surface area contributed by atoms with Gasteiger partial charge in [-0.1, -0.05) is 6.07 Å². The quantitative estimate of drug-likeness (QED) is 0.455. The van der Waals surface area contributed by atoms with E-state index in [9.17, 15) is 9.18 Å². The first-order valence-electron chi connectivity index (χ1n) is 8.79. The summed E-state index contributed by atoms with van der Waals surface area (Å²) in [6.07, 6.45) is 1.56. The van der Waals surface area contributed by atoms with Crippen molar-refractivity contribution in [2.75, 3.05) is 6.61 Å².